The zero-order chi connectivity index (χ0) is 15.1. The molecule has 0 bridgehead atoms. The number of benzene rings is 2. The smallest absolute Gasteiger partial charge is 0.118 e. The summed E-state index contributed by atoms with van der Waals surface area (Å²) in [5.41, 5.74) is 3.56. The quantitative estimate of drug-likeness (QED) is 0.820. The molecule has 0 fully saturated rings. The maximum atomic E-state index is 10.3. The topological polar surface area (TPSA) is 29.5 Å². The van der Waals surface area contributed by atoms with E-state index in [1.165, 1.54) is 11.1 Å². The number of ether oxygens (including phenoxy) is 1. The lowest BCUT2D eigenvalue weighted by Crippen LogP contribution is -2.00. The maximum Gasteiger partial charge on any atom is 0.118 e. The molecule has 2 nitrogen and oxygen atoms in total. The molecule has 21 heavy (non-hydrogen) atoms. The number of aliphatic hydroxyl groups excluding tert-OH is 1. The van der Waals surface area contributed by atoms with E-state index in [4.69, 9.17) is 4.74 Å². The van der Waals surface area contributed by atoms with Gasteiger partial charge in [0, 0.05) is 0 Å². The zero-order valence-electron chi connectivity index (χ0n) is 12.9. The molecule has 2 aromatic rings. The van der Waals surface area contributed by atoms with E-state index in [0.717, 1.165) is 37.0 Å². The summed E-state index contributed by atoms with van der Waals surface area (Å²) in [7, 11) is 1.67. The highest BCUT2D eigenvalue weighted by atomic mass is 16.5. The summed E-state index contributed by atoms with van der Waals surface area (Å²) >= 11 is 0. The van der Waals surface area contributed by atoms with Crippen molar-refractivity contribution in [2.24, 2.45) is 0 Å². The molecule has 0 aliphatic heterocycles. The third kappa shape index (κ3) is 4.61. The Morgan fingerprint density at radius 2 is 1.48 bits per heavy atom. The molecule has 0 heterocycles. The van der Waals surface area contributed by atoms with Crippen molar-refractivity contribution in [2.45, 2.75) is 38.7 Å². The van der Waals surface area contributed by atoms with E-state index in [9.17, 15) is 5.11 Å². The van der Waals surface area contributed by atoms with Crippen molar-refractivity contribution in [1.29, 1.82) is 0 Å². The van der Waals surface area contributed by atoms with Crippen LogP contribution < -0.4 is 4.74 Å². The van der Waals surface area contributed by atoms with Gasteiger partial charge in [-0.2, -0.15) is 0 Å². The molecule has 0 amide bonds. The lowest BCUT2D eigenvalue weighted by Gasteiger charge is -2.12. The standard InChI is InChI=1S/C19H24O2/c1-3-4-15-5-10-17(11-6-15)19(20)14-9-16-7-12-18(21-2)13-8-16/h5-8,10-13,19-20H,3-4,9,14H2,1-2H3. The van der Waals surface area contributed by atoms with E-state index in [2.05, 4.69) is 31.2 Å². The molecule has 2 aromatic carbocycles. The second-order valence-corrected chi connectivity index (χ2v) is 5.39. The van der Waals surface area contributed by atoms with Crippen LogP contribution in [0.15, 0.2) is 48.5 Å². The number of hydrogen-bond donors (Lipinski definition) is 1. The molecule has 0 radical (unpaired) electrons. The van der Waals surface area contributed by atoms with Gasteiger partial charge in [0.15, 0.2) is 0 Å². The molecule has 0 saturated heterocycles. The third-order valence-corrected chi connectivity index (χ3v) is 3.77. The van der Waals surface area contributed by atoms with Gasteiger partial charge in [-0.3, -0.25) is 0 Å². The SMILES string of the molecule is CCCc1ccc(C(O)CCc2ccc(OC)cc2)cc1. The van der Waals surface area contributed by atoms with Gasteiger partial charge in [-0.05, 0) is 48.1 Å². The Morgan fingerprint density at radius 1 is 0.905 bits per heavy atom. The third-order valence-electron chi connectivity index (χ3n) is 3.77. The van der Waals surface area contributed by atoms with Gasteiger partial charge < -0.3 is 9.84 Å². The maximum absolute atomic E-state index is 10.3. The van der Waals surface area contributed by atoms with Gasteiger partial charge in [-0.25, -0.2) is 0 Å². The van der Waals surface area contributed by atoms with Crippen LogP contribution in [0.2, 0.25) is 0 Å². The van der Waals surface area contributed by atoms with Crippen LogP contribution in [0.25, 0.3) is 0 Å². The lowest BCUT2D eigenvalue weighted by molar-refractivity contribution is 0.168. The minimum atomic E-state index is -0.400. The highest BCUT2D eigenvalue weighted by Crippen LogP contribution is 2.21. The molecule has 2 rings (SSSR count). The molecule has 0 spiro atoms. The summed E-state index contributed by atoms with van der Waals surface area (Å²) in [6.45, 7) is 2.18. The fourth-order valence-corrected chi connectivity index (χ4v) is 2.46. The first-order chi connectivity index (χ1) is 10.2. The van der Waals surface area contributed by atoms with E-state index in [1.807, 2.05) is 24.3 Å². The van der Waals surface area contributed by atoms with E-state index >= 15 is 0 Å². The fourth-order valence-electron chi connectivity index (χ4n) is 2.46. The van der Waals surface area contributed by atoms with Gasteiger partial charge in [-0.1, -0.05) is 49.7 Å². The Morgan fingerprint density at radius 3 is 2.05 bits per heavy atom. The number of aryl methyl sites for hydroxylation is 2. The predicted molar refractivity (Wildman–Crippen MR) is 86.7 cm³/mol. The Kier molecular flexibility index (Phi) is 5.82. The van der Waals surface area contributed by atoms with E-state index in [-0.39, 0.29) is 0 Å². The first-order valence-electron chi connectivity index (χ1n) is 7.62. The van der Waals surface area contributed by atoms with E-state index in [1.54, 1.807) is 7.11 Å². The molecule has 1 unspecified atom stereocenters. The van der Waals surface area contributed by atoms with Crippen molar-refractivity contribution in [1.82, 2.24) is 0 Å². The van der Waals surface area contributed by atoms with Gasteiger partial charge in [0.1, 0.15) is 5.75 Å². The summed E-state index contributed by atoms with van der Waals surface area (Å²) < 4.78 is 5.15. The predicted octanol–water partition coefficient (Wildman–Crippen LogP) is 4.31. The molecule has 0 saturated carbocycles. The Bertz CT molecular complexity index is 528. The van der Waals surface area contributed by atoms with Crippen molar-refractivity contribution >= 4 is 0 Å². The van der Waals surface area contributed by atoms with Crippen LogP contribution in [0, 0.1) is 0 Å². The normalized spacial score (nSPS) is 12.1. The number of aliphatic hydroxyl groups is 1. The molecule has 1 N–H and O–H groups in total. The Labute approximate surface area is 127 Å². The van der Waals surface area contributed by atoms with Gasteiger partial charge in [-0.15, -0.1) is 0 Å². The average molecular weight is 284 g/mol. The van der Waals surface area contributed by atoms with Crippen molar-refractivity contribution in [3.8, 4) is 5.75 Å². The minimum absolute atomic E-state index is 0.400. The summed E-state index contributed by atoms with van der Waals surface area (Å²) in [5.74, 6) is 0.866. The van der Waals surface area contributed by atoms with Gasteiger partial charge >= 0.3 is 0 Å². The van der Waals surface area contributed by atoms with E-state index in [0.29, 0.717) is 0 Å². The average Bonchev–Trinajstić information content (AvgIpc) is 2.54. The van der Waals surface area contributed by atoms with Crippen LogP contribution in [0.4, 0.5) is 0 Å². The van der Waals surface area contributed by atoms with Crippen molar-refractivity contribution in [3.05, 3.63) is 65.2 Å². The van der Waals surface area contributed by atoms with Crippen LogP contribution in [-0.4, -0.2) is 12.2 Å². The molecule has 0 aliphatic rings. The summed E-state index contributed by atoms with van der Waals surface area (Å²) in [6, 6.07) is 16.4. The van der Waals surface area contributed by atoms with Crippen LogP contribution in [0.3, 0.4) is 0 Å². The molecular weight excluding hydrogens is 260 g/mol. The molecule has 1 atom stereocenters. The Hall–Kier alpha value is -1.80. The van der Waals surface area contributed by atoms with Crippen molar-refractivity contribution in [2.75, 3.05) is 7.11 Å². The molecule has 112 valence electrons. The van der Waals surface area contributed by atoms with Gasteiger partial charge in [0.05, 0.1) is 13.2 Å². The second-order valence-electron chi connectivity index (χ2n) is 5.39. The number of rotatable bonds is 7. The highest BCUT2D eigenvalue weighted by Gasteiger charge is 2.08. The molecule has 0 aliphatic carbocycles. The Balaban J connectivity index is 1.89. The molecular formula is C19H24O2. The van der Waals surface area contributed by atoms with Gasteiger partial charge in [0.2, 0.25) is 0 Å². The van der Waals surface area contributed by atoms with Crippen LogP contribution in [-0.2, 0) is 12.8 Å². The van der Waals surface area contributed by atoms with E-state index < -0.39 is 6.10 Å². The first kappa shape index (κ1) is 15.6. The second kappa shape index (κ2) is 7.84. The monoisotopic (exact) mass is 284 g/mol. The summed E-state index contributed by atoms with van der Waals surface area (Å²) in [4.78, 5) is 0. The zero-order valence-corrected chi connectivity index (χ0v) is 12.9. The van der Waals surface area contributed by atoms with Gasteiger partial charge in [0.25, 0.3) is 0 Å². The largest absolute Gasteiger partial charge is 0.497 e. The van der Waals surface area contributed by atoms with Crippen molar-refractivity contribution in [3.63, 3.8) is 0 Å². The minimum Gasteiger partial charge on any atom is -0.497 e. The van der Waals surface area contributed by atoms with Crippen molar-refractivity contribution < 1.29 is 9.84 Å². The lowest BCUT2D eigenvalue weighted by atomic mass is 9.99. The summed E-state index contributed by atoms with van der Waals surface area (Å²) in [5, 5.41) is 10.3. The fraction of sp³-hybridized carbons (Fsp3) is 0.368. The van der Waals surface area contributed by atoms with Crippen LogP contribution >= 0.6 is 0 Å². The summed E-state index contributed by atoms with van der Waals surface area (Å²) in [6.07, 6.45) is 3.45. The molecule has 2 heteroatoms. The van der Waals surface area contributed by atoms with Crippen LogP contribution in [0.1, 0.15) is 42.6 Å². The van der Waals surface area contributed by atoms with Crippen LogP contribution in [0.5, 0.6) is 5.75 Å². The molecule has 0 aromatic heterocycles. The first-order valence-corrected chi connectivity index (χ1v) is 7.62. The number of methoxy groups -OCH3 is 1. The number of hydrogen-bond acceptors (Lipinski definition) is 2. The highest BCUT2D eigenvalue weighted by molar-refractivity contribution is 5.28.